The average Bonchev–Trinajstić information content (AvgIpc) is 3.13. The first-order valence-corrected chi connectivity index (χ1v) is 7.61. The molecule has 3 aromatic rings. The zero-order valence-corrected chi connectivity index (χ0v) is 12.8. The van der Waals surface area contributed by atoms with Crippen LogP contribution in [-0.4, -0.2) is 16.7 Å². The number of aromatic nitrogens is 1. The number of rotatable bonds is 3. The molecule has 0 aliphatic rings. The second-order valence-electron chi connectivity index (χ2n) is 5.02. The Balaban J connectivity index is 2.04. The van der Waals surface area contributed by atoms with Crippen molar-refractivity contribution >= 4 is 28.2 Å². The van der Waals surface area contributed by atoms with Gasteiger partial charge in [-0.3, -0.25) is 0 Å². The molecule has 0 aliphatic heterocycles. The summed E-state index contributed by atoms with van der Waals surface area (Å²) in [4.78, 5) is 12.1. The summed E-state index contributed by atoms with van der Waals surface area (Å²) in [6.07, 6.45) is -5.65. The number of carbonyl (C=O) groups is 1. The van der Waals surface area contributed by atoms with Gasteiger partial charge in [0.15, 0.2) is 0 Å². The largest absolute Gasteiger partial charge is 0.443 e. The number of fused-ring (bicyclic) bond motifs is 1. The van der Waals surface area contributed by atoms with Crippen LogP contribution in [0.5, 0.6) is 0 Å². The first-order valence-electron chi connectivity index (χ1n) is 6.73. The Morgan fingerprint density at radius 1 is 1.22 bits per heavy atom. The molecule has 0 aliphatic carbocycles. The smallest absolute Gasteiger partial charge is 0.429 e. The van der Waals surface area contributed by atoms with E-state index in [4.69, 9.17) is 4.74 Å². The Kier molecular flexibility index (Phi) is 3.89. The maximum atomic E-state index is 13.5. The molecule has 0 spiro atoms. The Hall–Kier alpha value is -2.28. The van der Waals surface area contributed by atoms with Crippen molar-refractivity contribution in [2.75, 3.05) is 0 Å². The Morgan fingerprint density at radius 2 is 1.96 bits per heavy atom. The monoisotopic (exact) mass is 339 g/mol. The fourth-order valence-electron chi connectivity index (χ4n) is 2.45. The summed E-state index contributed by atoms with van der Waals surface area (Å²) in [6, 6.07) is 9.72. The normalized spacial score (nSPS) is 13.2. The lowest BCUT2D eigenvalue weighted by molar-refractivity contribution is -0.207. The fourth-order valence-corrected chi connectivity index (χ4v) is 3.05. The molecule has 0 unspecified atom stereocenters. The van der Waals surface area contributed by atoms with E-state index in [9.17, 15) is 18.0 Å². The van der Waals surface area contributed by atoms with Crippen LogP contribution in [0.1, 0.15) is 21.3 Å². The molecule has 0 saturated heterocycles. The summed E-state index contributed by atoms with van der Waals surface area (Å²) in [7, 11) is 1.65. The highest BCUT2D eigenvalue weighted by Crippen LogP contribution is 2.40. The molecule has 2 aromatic heterocycles. The van der Waals surface area contributed by atoms with Gasteiger partial charge in [-0.1, -0.05) is 24.3 Å². The molecule has 1 atom stereocenters. The van der Waals surface area contributed by atoms with Crippen LogP contribution in [0.4, 0.5) is 13.2 Å². The van der Waals surface area contributed by atoms with E-state index < -0.39 is 18.2 Å². The number of hydrogen-bond donors (Lipinski definition) is 0. The second-order valence-corrected chi connectivity index (χ2v) is 5.96. The van der Waals surface area contributed by atoms with Crippen molar-refractivity contribution < 1.29 is 22.7 Å². The molecule has 0 saturated carbocycles. The molecule has 0 N–H and O–H groups in total. The molecule has 3 rings (SSSR count). The van der Waals surface area contributed by atoms with Crippen molar-refractivity contribution in [2.24, 2.45) is 7.05 Å². The van der Waals surface area contributed by atoms with Crippen molar-refractivity contribution in [1.82, 2.24) is 4.57 Å². The number of carbonyl (C=O) groups excluding carboxylic acids is 1. The average molecular weight is 339 g/mol. The molecule has 3 nitrogen and oxygen atoms in total. The molecular formula is C16H12F3NO2S. The van der Waals surface area contributed by atoms with Crippen LogP contribution in [0.15, 0.2) is 48.0 Å². The number of hydrogen-bond acceptors (Lipinski definition) is 3. The first-order chi connectivity index (χ1) is 10.9. The molecule has 0 radical (unpaired) electrons. The van der Waals surface area contributed by atoms with Gasteiger partial charge in [0.1, 0.15) is 4.88 Å². The predicted octanol–water partition coefficient (Wildman–Crippen LogP) is 4.70. The number of para-hydroxylation sites is 1. The molecule has 23 heavy (non-hydrogen) atoms. The maximum Gasteiger partial charge on any atom is 0.429 e. The number of aryl methyl sites for hydroxylation is 1. The number of esters is 1. The topological polar surface area (TPSA) is 31.2 Å². The number of nitrogens with zero attached hydrogens (tertiary/aromatic N) is 1. The van der Waals surface area contributed by atoms with E-state index in [1.165, 1.54) is 12.3 Å². The maximum absolute atomic E-state index is 13.5. The van der Waals surface area contributed by atoms with Crippen LogP contribution in [0, 0.1) is 0 Å². The number of alkyl halides is 3. The molecule has 1 aromatic carbocycles. The minimum Gasteiger partial charge on any atom is -0.443 e. The third kappa shape index (κ3) is 2.96. The molecule has 0 bridgehead atoms. The Morgan fingerprint density at radius 3 is 2.61 bits per heavy atom. The summed E-state index contributed by atoms with van der Waals surface area (Å²) < 4.78 is 46.8. The van der Waals surface area contributed by atoms with Crippen LogP contribution in [0.2, 0.25) is 0 Å². The van der Waals surface area contributed by atoms with E-state index in [1.807, 2.05) is 0 Å². The van der Waals surface area contributed by atoms with Gasteiger partial charge in [-0.05, 0) is 17.5 Å². The van der Waals surface area contributed by atoms with Crippen molar-refractivity contribution in [3.05, 3.63) is 58.4 Å². The van der Waals surface area contributed by atoms with E-state index in [0.717, 1.165) is 11.3 Å². The van der Waals surface area contributed by atoms with Gasteiger partial charge in [-0.2, -0.15) is 13.2 Å². The molecule has 0 fully saturated rings. The van der Waals surface area contributed by atoms with Gasteiger partial charge in [-0.15, -0.1) is 11.3 Å². The highest BCUT2D eigenvalue weighted by atomic mass is 32.1. The number of thiophene rings is 1. The van der Waals surface area contributed by atoms with Gasteiger partial charge >= 0.3 is 12.1 Å². The van der Waals surface area contributed by atoms with Gasteiger partial charge in [0, 0.05) is 29.7 Å². The highest BCUT2D eigenvalue weighted by Gasteiger charge is 2.45. The number of ether oxygens (including phenoxy) is 1. The van der Waals surface area contributed by atoms with Gasteiger partial charge in [0.05, 0.1) is 0 Å². The van der Waals surface area contributed by atoms with Crippen molar-refractivity contribution in [1.29, 1.82) is 0 Å². The molecular weight excluding hydrogens is 327 g/mol. The van der Waals surface area contributed by atoms with Crippen molar-refractivity contribution in [3.63, 3.8) is 0 Å². The zero-order chi connectivity index (χ0) is 16.6. The SMILES string of the molecule is Cn1cc([C@@H](OC(=O)c2cccs2)C(F)(F)F)c2ccccc21. The first kappa shape index (κ1) is 15.6. The van der Waals surface area contributed by atoms with Crippen LogP contribution in [-0.2, 0) is 11.8 Å². The van der Waals surface area contributed by atoms with Crippen LogP contribution < -0.4 is 0 Å². The van der Waals surface area contributed by atoms with E-state index in [0.29, 0.717) is 10.9 Å². The lowest BCUT2D eigenvalue weighted by Crippen LogP contribution is -2.26. The zero-order valence-electron chi connectivity index (χ0n) is 12.0. The lowest BCUT2D eigenvalue weighted by Gasteiger charge is -2.20. The number of halogens is 3. The van der Waals surface area contributed by atoms with Crippen molar-refractivity contribution in [2.45, 2.75) is 12.3 Å². The van der Waals surface area contributed by atoms with Crippen molar-refractivity contribution in [3.8, 4) is 0 Å². The van der Waals surface area contributed by atoms with E-state index >= 15 is 0 Å². The van der Waals surface area contributed by atoms with Gasteiger partial charge in [-0.25, -0.2) is 4.79 Å². The Labute approximate surface area is 133 Å². The van der Waals surface area contributed by atoms with Gasteiger partial charge in [0.25, 0.3) is 0 Å². The predicted molar refractivity (Wildman–Crippen MR) is 81.4 cm³/mol. The summed E-state index contributed by atoms with van der Waals surface area (Å²) in [5.74, 6) is -0.977. The Bertz CT molecular complexity index is 837. The van der Waals surface area contributed by atoms with Crippen LogP contribution in [0.3, 0.4) is 0 Å². The molecule has 120 valence electrons. The molecule has 2 heterocycles. The summed E-state index contributed by atoms with van der Waals surface area (Å²) in [6.45, 7) is 0. The fraction of sp³-hybridized carbons (Fsp3) is 0.188. The summed E-state index contributed by atoms with van der Waals surface area (Å²) in [5, 5.41) is 2.02. The van der Waals surface area contributed by atoms with Crippen LogP contribution >= 0.6 is 11.3 Å². The van der Waals surface area contributed by atoms with E-state index in [1.54, 1.807) is 47.3 Å². The third-order valence-electron chi connectivity index (χ3n) is 3.45. The van der Waals surface area contributed by atoms with Gasteiger partial charge in [0.2, 0.25) is 6.10 Å². The summed E-state index contributed by atoms with van der Waals surface area (Å²) >= 11 is 1.04. The van der Waals surface area contributed by atoms with Gasteiger partial charge < -0.3 is 9.30 Å². The third-order valence-corrected chi connectivity index (χ3v) is 4.30. The standard InChI is InChI=1S/C16H12F3NO2S/c1-20-9-11(10-5-2-3-6-12(10)20)14(16(17,18)19)22-15(21)13-7-4-8-23-13/h2-9,14H,1H3/t14-/m1/s1. The quantitative estimate of drug-likeness (QED) is 0.648. The van der Waals surface area contributed by atoms with Crippen LogP contribution in [0.25, 0.3) is 10.9 Å². The molecule has 7 heteroatoms. The second kappa shape index (κ2) is 5.73. The molecule has 0 amide bonds. The number of benzene rings is 1. The minimum absolute atomic E-state index is 0.0690. The van der Waals surface area contributed by atoms with E-state index in [2.05, 4.69) is 0 Å². The lowest BCUT2D eigenvalue weighted by atomic mass is 10.1. The highest BCUT2D eigenvalue weighted by molar-refractivity contribution is 7.11. The van der Waals surface area contributed by atoms with E-state index in [-0.39, 0.29) is 10.4 Å². The minimum atomic E-state index is -4.70. The summed E-state index contributed by atoms with van der Waals surface area (Å²) in [5.41, 5.74) is 0.574.